The number of carboxylic acids is 1. The second-order valence-corrected chi connectivity index (χ2v) is 3.90. The third-order valence-electron chi connectivity index (χ3n) is 2.13. The zero-order valence-corrected chi connectivity index (χ0v) is 11.4. The second-order valence-electron chi connectivity index (χ2n) is 3.90. The standard InChI is InChI=1S/C6H10O2.C4H4O4.C2H4O3/c7-6-4-2-1-3-5-8-6;5-3-1-7-4(6)2-8-3;3-1-2(4)5/h1-5H2;1-2H2;3H,1H2,(H,4,5). The van der Waals surface area contributed by atoms with Gasteiger partial charge in [0.2, 0.25) is 0 Å². The zero-order chi connectivity index (χ0) is 16.1. The molecule has 0 bridgehead atoms. The zero-order valence-electron chi connectivity index (χ0n) is 11.4. The maximum Gasteiger partial charge on any atom is 0.344 e. The minimum absolute atomic E-state index is 0.0255. The van der Waals surface area contributed by atoms with Gasteiger partial charge in [0.05, 0.1) is 6.61 Å². The first-order valence-electron chi connectivity index (χ1n) is 6.25. The van der Waals surface area contributed by atoms with Gasteiger partial charge in [-0.25, -0.2) is 14.4 Å². The number of aliphatic hydroxyl groups excluding tert-OH is 1. The summed E-state index contributed by atoms with van der Waals surface area (Å²) >= 11 is 0. The van der Waals surface area contributed by atoms with E-state index in [1.807, 2.05) is 0 Å². The molecular formula is C12H18O9. The lowest BCUT2D eigenvalue weighted by molar-refractivity contribution is -0.174. The first-order valence-corrected chi connectivity index (χ1v) is 6.25. The third kappa shape index (κ3) is 12.6. The first-order chi connectivity index (χ1) is 9.95. The van der Waals surface area contributed by atoms with E-state index >= 15 is 0 Å². The van der Waals surface area contributed by atoms with Crippen molar-refractivity contribution in [3.05, 3.63) is 0 Å². The molecule has 2 heterocycles. The highest BCUT2D eigenvalue weighted by Gasteiger charge is 2.16. The highest BCUT2D eigenvalue weighted by molar-refractivity contribution is 5.82. The highest BCUT2D eigenvalue weighted by Crippen LogP contribution is 2.06. The molecule has 0 aromatic rings. The van der Waals surface area contributed by atoms with Crippen molar-refractivity contribution in [2.45, 2.75) is 25.7 Å². The molecule has 0 saturated carbocycles. The lowest BCUT2D eigenvalue weighted by Gasteiger charge is -2.09. The highest BCUT2D eigenvalue weighted by atomic mass is 16.6. The predicted molar refractivity (Wildman–Crippen MR) is 66.1 cm³/mol. The van der Waals surface area contributed by atoms with Gasteiger partial charge >= 0.3 is 23.9 Å². The van der Waals surface area contributed by atoms with Gasteiger partial charge in [-0.15, -0.1) is 0 Å². The number of carboxylic acid groups (broad SMARTS) is 1. The van der Waals surface area contributed by atoms with Crippen molar-refractivity contribution in [2.24, 2.45) is 0 Å². The van der Waals surface area contributed by atoms with Crippen LogP contribution in [0.1, 0.15) is 25.7 Å². The van der Waals surface area contributed by atoms with E-state index in [-0.39, 0.29) is 19.2 Å². The van der Waals surface area contributed by atoms with Gasteiger partial charge in [0, 0.05) is 6.42 Å². The summed E-state index contributed by atoms with van der Waals surface area (Å²) in [7, 11) is 0. The molecule has 0 aliphatic carbocycles. The monoisotopic (exact) mass is 306 g/mol. The van der Waals surface area contributed by atoms with Crippen molar-refractivity contribution < 1.29 is 43.6 Å². The van der Waals surface area contributed by atoms with Gasteiger partial charge in [-0.3, -0.25) is 4.79 Å². The van der Waals surface area contributed by atoms with E-state index in [1.165, 1.54) is 0 Å². The van der Waals surface area contributed by atoms with Gasteiger partial charge in [0.15, 0.2) is 13.2 Å². The molecule has 0 amide bonds. The molecule has 2 aliphatic rings. The molecule has 21 heavy (non-hydrogen) atoms. The smallest absolute Gasteiger partial charge is 0.344 e. The molecule has 0 atom stereocenters. The van der Waals surface area contributed by atoms with Crippen LogP contribution in [0, 0.1) is 0 Å². The molecule has 2 rings (SSSR count). The summed E-state index contributed by atoms with van der Waals surface area (Å²) in [5.41, 5.74) is 0. The Hall–Kier alpha value is -2.16. The molecule has 2 saturated heterocycles. The van der Waals surface area contributed by atoms with Crippen LogP contribution in [0.5, 0.6) is 0 Å². The number of hydrogen-bond acceptors (Lipinski definition) is 8. The second kappa shape index (κ2) is 11.6. The Balaban J connectivity index is 0.000000296. The summed E-state index contributed by atoms with van der Waals surface area (Å²) < 4.78 is 13.3. The van der Waals surface area contributed by atoms with Crippen LogP contribution in [0.25, 0.3) is 0 Å². The SMILES string of the molecule is O=C(O)CO.O=C1CCCCCO1.O=C1COC(=O)CO1. The van der Waals surface area contributed by atoms with E-state index < -0.39 is 24.5 Å². The Labute approximate surface area is 120 Å². The molecule has 2 fully saturated rings. The molecule has 2 aliphatic heterocycles. The Bertz CT molecular complexity index is 326. The van der Waals surface area contributed by atoms with E-state index in [4.69, 9.17) is 19.7 Å². The fourth-order valence-corrected chi connectivity index (χ4v) is 1.17. The maximum absolute atomic E-state index is 10.5. The molecule has 0 radical (unpaired) electrons. The Morgan fingerprint density at radius 1 is 0.905 bits per heavy atom. The number of ether oxygens (including phenoxy) is 3. The van der Waals surface area contributed by atoms with E-state index in [0.29, 0.717) is 13.0 Å². The minimum Gasteiger partial charge on any atom is -0.480 e. The Morgan fingerprint density at radius 2 is 1.43 bits per heavy atom. The van der Waals surface area contributed by atoms with Crippen LogP contribution in [0.2, 0.25) is 0 Å². The van der Waals surface area contributed by atoms with Gasteiger partial charge in [-0.1, -0.05) is 0 Å². The first kappa shape index (κ1) is 18.8. The summed E-state index contributed by atoms with van der Waals surface area (Å²) in [5, 5.41) is 15.0. The van der Waals surface area contributed by atoms with Crippen LogP contribution in [0.3, 0.4) is 0 Å². The van der Waals surface area contributed by atoms with Crippen LogP contribution in [-0.2, 0) is 33.4 Å². The van der Waals surface area contributed by atoms with Crippen molar-refractivity contribution in [2.75, 3.05) is 26.4 Å². The number of esters is 3. The molecule has 0 spiro atoms. The lowest BCUT2D eigenvalue weighted by atomic mass is 10.2. The topological polar surface area (TPSA) is 136 Å². The minimum atomic E-state index is -1.19. The van der Waals surface area contributed by atoms with E-state index in [2.05, 4.69) is 9.47 Å². The summed E-state index contributed by atoms with van der Waals surface area (Å²) in [6.07, 6.45) is 3.83. The normalized spacial score (nSPS) is 17.5. The molecule has 9 heteroatoms. The van der Waals surface area contributed by atoms with E-state index in [0.717, 1.165) is 19.3 Å². The molecule has 120 valence electrons. The lowest BCUT2D eigenvalue weighted by Crippen LogP contribution is -2.27. The van der Waals surface area contributed by atoms with Crippen molar-refractivity contribution >= 4 is 23.9 Å². The Morgan fingerprint density at radius 3 is 1.86 bits per heavy atom. The summed E-state index contributed by atoms with van der Waals surface area (Å²) in [5.74, 6) is -2.18. The fraction of sp³-hybridized carbons (Fsp3) is 0.667. The number of aliphatic carboxylic acids is 1. The quantitative estimate of drug-likeness (QED) is 0.473. The molecular weight excluding hydrogens is 288 g/mol. The van der Waals surface area contributed by atoms with Crippen LogP contribution < -0.4 is 0 Å². The van der Waals surface area contributed by atoms with Crippen LogP contribution in [-0.4, -0.2) is 60.5 Å². The molecule has 0 unspecified atom stereocenters. The number of aliphatic hydroxyl groups is 1. The van der Waals surface area contributed by atoms with Crippen LogP contribution in [0.15, 0.2) is 0 Å². The molecule has 2 N–H and O–H groups in total. The van der Waals surface area contributed by atoms with Gasteiger partial charge in [-0.2, -0.15) is 0 Å². The van der Waals surface area contributed by atoms with Crippen LogP contribution >= 0.6 is 0 Å². The third-order valence-corrected chi connectivity index (χ3v) is 2.13. The summed E-state index contributed by atoms with van der Waals surface area (Å²) in [6.45, 7) is -0.615. The number of rotatable bonds is 1. The van der Waals surface area contributed by atoms with Crippen molar-refractivity contribution in [1.29, 1.82) is 0 Å². The average Bonchev–Trinajstić information content (AvgIpc) is 2.71. The van der Waals surface area contributed by atoms with Gasteiger partial charge in [0.25, 0.3) is 0 Å². The average molecular weight is 306 g/mol. The predicted octanol–water partition coefficient (Wildman–Crippen LogP) is -0.747. The summed E-state index contributed by atoms with van der Waals surface area (Å²) in [4.78, 5) is 39.8. The number of hydrogen-bond donors (Lipinski definition) is 2. The van der Waals surface area contributed by atoms with Gasteiger partial charge in [0.1, 0.15) is 6.61 Å². The van der Waals surface area contributed by atoms with Crippen molar-refractivity contribution in [3.63, 3.8) is 0 Å². The fourth-order valence-electron chi connectivity index (χ4n) is 1.17. The van der Waals surface area contributed by atoms with Gasteiger partial charge < -0.3 is 24.4 Å². The number of carbonyl (C=O) groups excluding carboxylic acids is 3. The van der Waals surface area contributed by atoms with Crippen LogP contribution in [0.4, 0.5) is 0 Å². The number of carbonyl (C=O) groups is 4. The maximum atomic E-state index is 10.5. The largest absolute Gasteiger partial charge is 0.480 e. The summed E-state index contributed by atoms with van der Waals surface area (Å²) in [6, 6.07) is 0. The van der Waals surface area contributed by atoms with E-state index in [1.54, 1.807) is 0 Å². The van der Waals surface area contributed by atoms with E-state index in [9.17, 15) is 14.4 Å². The number of cyclic esters (lactones) is 3. The van der Waals surface area contributed by atoms with Crippen molar-refractivity contribution in [1.82, 2.24) is 0 Å². The Kier molecular flexibility index (Phi) is 10.5. The molecule has 0 aromatic carbocycles. The van der Waals surface area contributed by atoms with Gasteiger partial charge in [-0.05, 0) is 19.3 Å². The molecule has 0 aromatic heterocycles. The molecule has 9 nitrogen and oxygen atoms in total. The van der Waals surface area contributed by atoms with Crippen molar-refractivity contribution in [3.8, 4) is 0 Å².